The molecule has 0 fully saturated rings. The molecule has 2 N–H and O–H groups in total. The van der Waals surface area contributed by atoms with Gasteiger partial charge >= 0.3 is 5.97 Å². The molecule has 0 aliphatic rings. The maximum absolute atomic E-state index is 12.9. The zero-order valence-electron chi connectivity index (χ0n) is 9.43. The van der Waals surface area contributed by atoms with Crippen LogP contribution in [-0.4, -0.2) is 16.1 Å². The molecule has 5 heteroatoms. The van der Waals surface area contributed by atoms with Gasteiger partial charge in [-0.3, -0.25) is 4.98 Å². The monoisotopic (exact) mass is 246 g/mol. The average Bonchev–Trinajstić information content (AvgIpc) is 2.37. The Balaban J connectivity index is 2.00. The van der Waals surface area contributed by atoms with Gasteiger partial charge in [0.05, 0.1) is 17.8 Å². The first-order chi connectivity index (χ1) is 8.65. The average molecular weight is 246 g/mol. The van der Waals surface area contributed by atoms with Gasteiger partial charge in [0, 0.05) is 11.9 Å². The molecule has 4 nitrogen and oxygen atoms in total. The Morgan fingerprint density at radius 1 is 1.33 bits per heavy atom. The SMILES string of the molecule is O=C(O)c1ccc(CNc2cccc(F)c2)nc1. The van der Waals surface area contributed by atoms with Crippen LogP contribution in [0.15, 0.2) is 42.6 Å². The van der Waals surface area contributed by atoms with Gasteiger partial charge in [0.2, 0.25) is 0 Å². The molecule has 1 aromatic heterocycles. The Labute approximate surface area is 103 Å². The number of pyridine rings is 1. The molecule has 0 aliphatic heterocycles. The van der Waals surface area contributed by atoms with E-state index in [0.29, 0.717) is 17.9 Å². The third kappa shape index (κ3) is 3.04. The van der Waals surface area contributed by atoms with Crippen molar-refractivity contribution in [2.24, 2.45) is 0 Å². The lowest BCUT2D eigenvalue weighted by Gasteiger charge is -2.06. The highest BCUT2D eigenvalue weighted by molar-refractivity contribution is 5.87. The van der Waals surface area contributed by atoms with Crippen LogP contribution in [0.5, 0.6) is 0 Å². The number of hydrogen-bond donors (Lipinski definition) is 2. The number of halogens is 1. The number of nitrogens with zero attached hydrogens (tertiary/aromatic N) is 1. The highest BCUT2D eigenvalue weighted by Gasteiger charge is 2.02. The molecule has 18 heavy (non-hydrogen) atoms. The molecule has 0 radical (unpaired) electrons. The quantitative estimate of drug-likeness (QED) is 0.870. The van der Waals surface area contributed by atoms with Crippen molar-refractivity contribution in [1.29, 1.82) is 0 Å². The summed E-state index contributed by atoms with van der Waals surface area (Å²) >= 11 is 0. The summed E-state index contributed by atoms with van der Waals surface area (Å²) in [4.78, 5) is 14.6. The summed E-state index contributed by atoms with van der Waals surface area (Å²) in [7, 11) is 0. The first kappa shape index (κ1) is 12.0. The van der Waals surface area contributed by atoms with Gasteiger partial charge in [-0.05, 0) is 30.3 Å². The fraction of sp³-hybridized carbons (Fsp3) is 0.0769. The van der Waals surface area contributed by atoms with E-state index in [1.165, 1.54) is 24.4 Å². The molecule has 1 aromatic carbocycles. The second-order valence-electron chi connectivity index (χ2n) is 3.71. The molecule has 92 valence electrons. The predicted octanol–water partition coefficient (Wildman–Crippen LogP) is 2.53. The van der Waals surface area contributed by atoms with Crippen LogP contribution in [0.25, 0.3) is 0 Å². The molecule has 0 aliphatic carbocycles. The number of carboxylic acid groups (broad SMARTS) is 1. The van der Waals surface area contributed by atoms with Gasteiger partial charge in [0.15, 0.2) is 0 Å². The summed E-state index contributed by atoms with van der Waals surface area (Å²) in [5.74, 6) is -1.32. The predicted molar refractivity (Wildman–Crippen MR) is 64.9 cm³/mol. The topological polar surface area (TPSA) is 62.2 Å². The Morgan fingerprint density at radius 2 is 2.17 bits per heavy atom. The Bertz CT molecular complexity index is 555. The molecular weight excluding hydrogens is 235 g/mol. The van der Waals surface area contributed by atoms with Crippen molar-refractivity contribution >= 4 is 11.7 Å². The highest BCUT2D eigenvalue weighted by Crippen LogP contribution is 2.10. The Kier molecular flexibility index (Phi) is 3.52. The smallest absolute Gasteiger partial charge is 0.337 e. The number of rotatable bonds is 4. The summed E-state index contributed by atoms with van der Waals surface area (Å²) in [5, 5.41) is 11.7. The van der Waals surface area contributed by atoms with E-state index in [1.54, 1.807) is 18.2 Å². The molecular formula is C13H11FN2O2. The lowest BCUT2D eigenvalue weighted by molar-refractivity contribution is 0.0696. The number of carboxylic acids is 1. The van der Waals surface area contributed by atoms with Gasteiger partial charge in [-0.15, -0.1) is 0 Å². The van der Waals surface area contributed by atoms with E-state index in [-0.39, 0.29) is 11.4 Å². The summed E-state index contributed by atoms with van der Waals surface area (Å²) in [5.41, 5.74) is 1.48. The number of anilines is 1. The zero-order chi connectivity index (χ0) is 13.0. The molecule has 1 heterocycles. The third-order valence-corrected chi connectivity index (χ3v) is 2.37. The van der Waals surface area contributed by atoms with Gasteiger partial charge in [-0.25, -0.2) is 9.18 Å². The summed E-state index contributed by atoms with van der Waals surface area (Å²) < 4.78 is 12.9. The summed E-state index contributed by atoms with van der Waals surface area (Å²) in [6, 6.07) is 9.21. The minimum absolute atomic E-state index is 0.143. The van der Waals surface area contributed by atoms with Gasteiger partial charge in [-0.1, -0.05) is 6.07 Å². The van der Waals surface area contributed by atoms with E-state index < -0.39 is 5.97 Å². The number of nitrogens with one attached hydrogen (secondary N) is 1. The normalized spacial score (nSPS) is 10.1. The van der Waals surface area contributed by atoms with E-state index in [0.717, 1.165) is 0 Å². The number of carbonyl (C=O) groups is 1. The van der Waals surface area contributed by atoms with Gasteiger partial charge in [0.1, 0.15) is 5.82 Å². The maximum atomic E-state index is 12.9. The molecule has 0 spiro atoms. The third-order valence-electron chi connectivity index (χ3n) is 2.37. The first-order valence-corrected chi connectivity index (χ1v) is 5.33. The standard InChI is InChI=1S/C13H11FN2O2/c14-10-2-1-3-11(6-10)16-8-12-5-4-9(7-15-12)13(17)18/h1-7,16H,8H2,(H,17,18). The van der Waals surface area contributed by atoms with Crippen molar-refractivity contribution in [3.05, 3.63) is 59.7 Å². The lowest BCUT2D eigenvalue weighted by atomic mass is 10.2. The molecule has 2 rings (SSSR count). The van der Waals surface area contributed by atoms with Crippen LogP contribution in [0.4, 0.5) is 10.1 Å². The van der Waals surface area contributed by atoms with Crippen LogP contribution >= 0.6 is 0 Å². The second kappa shape index (κ2) is 5.27. The van der Waals surface area contributed by atoms with E-state index in [1.807, 2.05) is 0 Å². The van der Waals surface area contributed by atoms with E-state index in [9.17, 15) is 9.18 Å². The zero-order valence-corrected chi connectivity index (χ0v) is 9.43. The lowest BCUT2D eigenvalue weighted by Crippen LogP contribution is -2.03. The van der Waals surface area contributed by atoms with Crippen molar-refractivity contribution in [3.8, 4) is 0 Å². The number of benzene rings is 1. The van der Waals surface area contributed by atoms with Crippen LogP contribution in [0.2, 0.25) is 0 Å². The van der Waals surface area contributed by atoms with Gasteiger partial charge in [-0.2, -0.15) is 0 Å². The minimum atomic E-state index is -1.01. The first-order valence-electron chi connectivity index (χ1n) is 5.33. The molecule has 2 aromatic rings. The second-order valence-corrected chi connectivity index (χ2v) is 3.71. The molecule has 0 amide bonds. The largest absolute Gasteiger partial charge is 0.478 e. The van der Waals surface area contributed by atoms with Gasteiger partial charge < -0.3 is 10.4 Å². The van der Waals surface area contributed by atoms with E-state index in [4.69, 9.17) is 5.11 Å². The minimum Gasteiger partial charge on any atom is -0.478 e. The van der Waals surface area contributed by atoms with Crippen LogP contribution in [0, 0.1) is 5.82 Å². The molecule has 0 bridgehead atoms. The van der Waals surface area contributed by atoms with Crippen molar-refractivity contribution in [1.82, 2.24) is 4.98 Å². The summed E-state index contributed by atoms with van der Waals surface area (Å²) in [6.45, 7) is 0.406. The van der Waals surface area contributed by atoms with Crippen LogP contribution in [0.3, 0.4) is 0 Å². The number of hydrogen-bond acceptors (Lipinski definition) is 3. The van der Waals surface area contributed by atoms with Crippen molar-refractivity contribution in [3.63, 3.8) is 0 Å². The van der Waals surface area contributed by atoms with Crippen LogP contribution in [0.1, 0.15) is 16.1 Å². The highest BCUT2D eigenvalue weighted by atomic mass is 19.1. The molecule has 0 unspecified atom stereocenters. The van der Waals surface area contributed by atoms with Crippen molar-refractivity contribution < 1.29 is 14.3 Å². The Hall–Kier alpha value is -2.43. The molecule has 0 saturated heterocycles. The van der Waals surface area contributed by atoms with E-state index in [2.05, 4.69) is 10.3 Å². The maximum Gasteiger partial charge on any atom is 0.337 e. The Morgan fingerprint density at radius 3 is 2.78 bits per heavy atom. The number of aromatic carboxylic acids is 1. The van der Waals surface area contributed by atoms with Gasteiger partial charge in [0.25, 0.3) is 0 Å². The van der Waals surface area contributed by atoms with Crippen LogP contribution in [-0.2, 0) is 6.54 Å². The van der Waals surface area contributed by atoms with Crippen molar-refractivity contribution in [2.45, 2.75) is 6.54 Å². The van der Waals surface area contributed by atoms with E-state index >= 15 is 0 Å². The fourth-order valence-corrected chi connectivity index (χ4v) is 1.45. The molecule has 0 atom stereocenters. The fourth-order valence-electron chi connectivity index (χ4n) is 1.45. The summed E-state index contributed by atoms with van der Waals surface area (Å²) in [6.07, 6.45) is 1.30. The van der Waals surface area contributed by atoms with Crippen molar-refractivity contribution in [2.75, 3.05) is 5.32 Å². The molecule has 0 saturated carbocycles. The van der Waals surface area contributed by atoms with Crippen LogP contribution < -0.4 is 5.32 Å². The number of aromatic nitrogens is 1.